The van der Waals surface area contributed by atoms with Gasteiger partial charge in [-0.15, -0.1) is 0 Å². The largest absolute Gasteiger partial charge is 0.306 e. The van der Waals surface area contributed by atoms with Gasteiger partial charge < -0.3 is 9.88 Å². The first kappa shape index (κ1) is 13.5. The molecule has 96 valence electrons. The van der Waals surface area contributed by atoms with Crippen LogP contribution in [0.1, 0.15) is 26.5 Å². The fraction of sp³-hybridized carbons (Fsp3) is 0.357. The Morgan fingerprint density at radius 3 is 2.50 bits per heavy atom. The molecule has 0 bridgehead atoms. The van der Waals surface area contributed by atoms with E-state index in [0.717, 1.165) is 12.2 Å². The van der Waals surface area contributed by atoms with E-state index in [0.29, 0.717) is 0 Å². The van der Waals surface area contributed by atoms with Crippen molar-refractivity contribution in [3.05, 3.63) is 46.1 Å². The molecule has 0 atom stereocenters. The monoisotopic (exact) mass is 355 g/mol. The Morgan fingerprint density at radius 1 is 1.22 bits per heavy atom. The Morgan fingerprint density at radius 2 is 1.89 bits per heavy atom. The second-order valence-corrected chi connectivity index (χ2v) is 6.58. The first-order valence-electron chi connectivity index (χ1n) is 5.98. The highest BCUT2D eigenvalue weighted by molar-refractivity contribution is 14.1. The van der Waals surface area contributed by atoms with Gasteiger partial charge in [-0.3, -0.25) is 0 Å². The number of imidazole rings is 1. The van der Waals surface area contributed by atoms with Crippen molar-refractivity contribution in [1.29, 1.82) is 0 Å². The van der Waals surface area contributed by atoms with Crippen LogP contribution in [0.4, 0.5) is 0 Å². The molecule has 3 nitrogen and oxygen atoms in total. The minimum absolute atomic E-state index is 0.112. The van der Waals surface area contributed by atoms with Crippen LogP contribution in [-0.4, -0.2) is 15.1 Å². The van der Waals surface area contributed by atoms with E-state index < -0.39 is 0 Å². The lowest BCUT2D eigenvalue weighted by Gasteiger charge is -2.21. The van der Waals surface area contributed by atoms with Crippen molar-refractivity contribution in [2.75, 3.05) is 0 Å². The summed E-state index contributed by atoms with van der Waals surface area (Å²) < 4.78 is 3.36. The minimum atomic E-state index is 0.112. The highest BCUT2D eigenvalue weighted by atomic mass is 127. The molecular formula is C14H18IN3. The van der Waals surface area contributed by atoms with Gasteiger partial charge in [0.1, 0.15) is 0 Å². The molecule has 0 saturated heterocycles. The molecule has 0 saturated carbocycles. The summed E-state index contributed by atoms with van der Waals surface area (Å²) in [6.07, 6.45) is 3.78. The first-order valence-corrected chi connectivity index (χ1v) is 7.06. The van der Waals surface area contributed by atoms with E-state index in [1.807, 2.05) is 12.5 Å². The van der Waals surface area contributed by atoms with Gasteiger partial charge in [0.2, 0.25) is 0 Å². The van der Waals surface area contributed by atoms with E-state index in [1.165, 1.54) is 9.26 Å². The summed E-state index contributed by atoms with van der Waals surface area (Å²) in [4.78, 5) is 4.24. The number of nitrogens with zero attached hydrogens (tertiary/aromatic N) is 2. The fourth-order valence-corrected chi connectivity index (χ4v) is 2.00. The lowest BCUT2D eigenvalue weighted by Crippen LogP contribution is -2.35. The second-order valence-electron chi connectivity index (χ2n) is 5.33. The summed E-state index contributed by atoms with van der Waals surface area (Å²) in [5.41, 5.74) is 2.44. The highest BCUT2D eigenvalue weighted by Crippen LogP contribution is 2.14. The third kappa shape index (κ3) is 3.55. The van der Waals surface area contributed by atoms with Gasteiger partial charge in [0.25, 0.3) is 0 Å². The van der Waals surface area contributed by atoms with Crippen molar-refractivity contribution in [1.82, 2.24) is 14.9 Å². The van der Waals surface area contributed by atoms with Crippen molar-refractivity contribution in [3.63, 3.8) is 0 Å². The molecule has 0 aliphatic carbocycles. The van der Waals surface area contributed by atoms with Crippen LogP contribution in [0.2, 0.25) is 0 Å². The first-order chi connectivity index (χ1) is 8.46. The van der Waals surface area contributed by atoms with Gasteiger partial charge in [-0.1, -0.05) is 0 Å². The predicted molar refractivity (Wildman–Crippen MR) is 82.9 cm³/mol. The Bertz CT molecular complexity index is 509. The summed E-state index contributed by atoms with van der Waals surface area (Å²) in [5.74, 6) is 0. The standard InChI is InChI=1S/C14H18IN3/c1-14(2,3)17-9-13-8-16-10-18(13)12-6-4-11(15)5-7-12/h4-8,10,17H,9H2,1-3H3. The molecule has 0 aliphatic rings. The molecule has 0 aliphatic heterocycles. The SMILES string of the molecule is CC(C)(C)NCc1cncn1-c1ccc(I)cc1. The van der Waals surface area contributed by atoms with E-state index >= 15 is 0 Å². The zero-order valence-electron chi connectivity index (χ0n) is 10.9. The number of rotatable bonds is 3. The fourth-order valence-electron chi connectivity index (χ4n) is 1.64. The van der Waals surface area contributed by atoms with Crippen molar-refractivity contribution >= 4 is 22.6 Å². The molecule has 2 aromatic rings. The quantitative estimate of drug-likeness (QED) is 0.856. The Hall–Kier alpha value is -0.880. The molecular weight excluding hydrogens is 337 g/mol. The van der Waals surface area contributed by atoms with Gasteiger partial charge in [-0.25, -0.2) is 4.98 Å². The van der Waals surface area contributed by atoms with Crippen LogP contribution in [0, 0.1) is 3.57 Å². The van der Waals surface area contributed by atoms with Crippen LogP contribution < -0.4 is 5.32 Å². The van der Waals surface area contributed by atoms with E-state index in [1.54, 1.807) is 0 Å². The van der Waals surface area contributed by atoms with Gasteiger partial charge in [0.05, 0.1) is 12.0 Å². The molecule has 1 heterocycles. The van der Waals surface area contributed by atoms with E-state index in [9.17, 15) is 0 Å². The van der Waals surface area contributed by atoms with Crippen molar-refractivity contribution < 1.29 is 0 Å². The zero-order valence-corrected chi connectivity index (χ0v) is 13.1. The Labute approximate surface area is 122 Å². The predicted octanol–water partition coefficient (Wildman–Crippen LogP) is 3.37. The number of nitrogens with one attached hydrogen (secondary N) is 1. The molecule has 18 heavy (non-hydrogen) atoms. The van der Waals surface area contributed by atoms with Gasteiger partial charge in [-0.2, -0.15) is 0 Å². The molecule has 1 aromatic heterocycles. The molecule has 0 unspecified atom stereocenters. The molecule has 4 heteroatoms. The Balaban J connectivity index is 2.20. The van der Waals surface area contributed by atoms with Gasteiger partial charge in [-0.05, 0) is 67.6 Å². The maximum Gasteiger partial charge on any atom is 0.0994 e. The molecule has 1 aromatic carbocycles. The second kappa shape index (κ2) is 5.40. The van der Waals surface area contributed by atoms with Crippen LogP contribution in [-0.2, 0) is 6.54 Å². The van der Waals surface area contributed by atoms with Crippen LogP contribution >= 0.6 is 22.6 Å². The molecule has 0 fully saturated rings. The summed E-state index contributed by atoms with van der Waals surface area (Å²) in [7, 11) is 0. The lowest BCUT2D eigenvalue weighted by molar-refractivity contribution is 0.419. The van der Waals surface area contributed by atoms with Gasteiger partial charge in [0.15, 0.2) is 0 Å². The molecule has 2 rings (SSSR count). The van der Waals surface area contributed by atoms with E-state index in [-0.39, 0.29) is 5.54 Å². The van der Waals surface area contributed by atoms with Crippen molar-refractivity contribution in [3.8, 4) is 5.69 Å². The number of aromatic nitrogens is 2. The van der Waals surface area contributed by atoms with Crippen molar-refractivity contribution in [2.24, 2.45) is 0 Å². The minimum Gasteiger partial charge on any atom is -0.306 e. The van der Waals surface area contributed by atoms with E-state index in [2.05, 4.69) is 82.5 Å². The maximum absolute atomic E-state index is 4.24. The average Bonchev–Trinajstić information content (AvgIpc) is 2.75. The smallest absolute Gasteiger partial charge is 0.0994 e. The molecule has 1 N–H and O–H groups in total. The van der Waals surface area contributed by atoms with Crippen molar-refractivity contribution in [2.45, 2.75) is 32.9 Å². The third-order valence-electron chi connectivity index (χ3n) is 2.62. The number of hydrogen-bond donors (Lipinski definition) is 1. The summed E-state index contributed by atoms with van der Waals surface area (Å²) in [5, 5.41) is 3.48. The molecule has 0 amide bonds. The van der Waals surface area contributed by atoms with Gasteiger partial charge in [0, 0.05) is 27.5 Å². The maximum atomic E-state index is 4.24. The summed E-state index contributed by atoms with van der Waals surface area (Å²) in [6, 6.07) is 8.45. The number of hydrogen-bond acceptors (Lipinski definition) is 2. The highest BCUT2D eigenvalue weighted by Gasteiger charge is 2.11. The number of halogens is 1. The molecule has 0 spiro atoms. The number of benzene rings is 1. The Kier molecular flexibility index (Phi) is 4.07. The van der Waals surface area contributed by atoms with E-state index in [4.69, 9.17) is 0 Å². The zero-order chi connectivity index (χ0) is 13.2. The topological polar surface area (TPSA) is 29.9 Å². The normalized spacial score (nSPS) is 11.8. The third-order valence-corrected chi connectivity index (χ3v) is 3.34. The lowest BCUT2D eigenvalue weighted by atomic mass is 10.1. The summed E-state index contributed by atoms with van der Waals surface area (Å²) in [6.45, 7) is 7.31. The van der Waals surface area contributed by atoms with Crippen LogP contribution in [0.5, 0.6) is 0 Å². The summed E-state index contributed by atoms with van der Waals surface area (Å²) >= 11 is 2.31. The van der Waals surface area contributed by atoms with Gasteiger partial charge >= 0.3 is 0 Å². The van der Waals surface area contributed by atoms with Crippen LogP contribution in [0.15, 0.2) is 36.8 Å². The average molecular weight is 355 g/mol. The van der Waals surface area contributed by atoms with Crippen LogP contribution in [0.25, 0.3) is 5.69 Å². The van der Waals surface area contributed by atoms with Crippen LogP contribution in [0.3, 0.4) is 0 Å². The molecule has 0 radical (unpaired) electrons.